The van der Waals surface area contributed by atoms with Crippen LogP contribution in [0.4, 0.5) is 0 Å². The van der Waals surface area contributed by atoms with Crippen molar-refractivity contribution in [1.82, 2.24) is 21.3 Å². The highest BCUT2D eigenvalue weighted by atomic mass is 15.2. The number of hydrogen-bond acceptors (Lipinski definition) is 3. The van der Waals surface area contributed by atoms with E-state index in [1.54, 1.807) is 0 Å². The maximum atomic E-state index is 8.09. The summed E-state index contributed by atoms with van der Waals surface area (Å²) in [5.41, 5.74) is 12.0. The molecule has 38 heavy (non-hydrogen) atoms. The van der Waals surface area contributed by atoms with Crippen molar-refractivity contribution in [3.05, 3.63) is 0 Å². The van der Waals surface area contributed by atoms with E-state index in [0.29, 0.717) is 42.1 Å². The number of rotatable bonds is 16. The van der Waals surface area contributed by atoms with Gasteiger partial charge in [-0.3, -0.25) is 21.1 Å². The third-order valence-corrected chi connectivity index (χ3v) is 7.76. The van der Waals surface area contributed by atoms with Crippen molar-refractivity contribution in [2.75, 3.05) is 26.2 Å². The van der Waals surface area contributed by atoms with Crippen LogP contribution in [0.25, 0.3) is 0 Å². The highest BCUT2D eigenvalue weighted by Crippen LogP contribution is 2.28. The lowest BCUT2D eigenvalue weighted by Gasteiger charge is -2.28. The molecular weight excluding hydrogens is 476 g/mol. The van der Waals surface area contributed by atoms with E-state index in [2.05, 4.69) is 58.9 Å². The van der Waals surface area contributed by atoms with Crippen LogP contribution in [0.3, 0.4) is 0 Å². The number of nitrogens with two attached hydrogens (primary N) is 2. The zero-order valence-electron chi connectivity index (χ0n) is 24.7. The third-order valence-electron chi connectivity index (χ3n) is 7.76. The van der Waals surface area contributed by atoms with Gasteiger partial charge in [0, 0.05) is 26.2 Å². The van der Waals surface area contributed by atoms with Crippen LogP contribution in [0.1, 0.15) is 105 Å². The van der Waals surface area contributed by atoms with E-state index in [1.807, 2.05) is 0 Å². The molecule has 0 bridgehead atoms. The molecule has 1 fully saturated rings. The predicted octanol–water partition coefficient (Wildman–Crippen LogP) is 4.08. The molecule has 0 saturated heterocycles. The predicted molar refractivity (Wildman–Crippen MR) is 163 cm³/mol. The van der Waals surface area contributed by atoms with Crippen LogP contribution in [-0.4, -0.2) is 50.0 Å². The molecule has 1 aliphatic rings. The van der Waals surface area contributed by atoms with Crippen LogP contribution >= 0.6 is 0 Å². The van der Waals surface area contributed by atoms with Gasteiger partial charge in [0.15, 0.2) is 17.9 Å². The summed E-state index contributed by atoms with van der Waals surface area (Å²) in [6, 6.07) is 0. The van der Waals surface area contributed by atoms with Crippen molar-refractivity contribution in [1.29, 1.82) is 10.8 Å². The third kappa shape index (κ3) is 15.7. The van der Waals surface area contributed by atoms with Gasteiger partial charge in [-0.15, -0.1) is 0 Å². The molecule has 0 aliphatic heterocycles. The second-order valence-electron chi connectivity index (χ2n) is 10.9. The van der Waals surface area contributed by atoms with Crippen LogP contribution in [-0.2, 0) is 0 Å². The Kier molecular flexibility index (Phi) is 18.0. The molecule has 0 aromatic rings. The molecule has 2 atom stereocenters. The number of nitrogens with one attached hydrogen (secondary N) is 6. The van der Waals surface area contributed by atoms with Crippen molar-refractivity contribution in [3.8, 4) is 0 Å². The minimum absolute atomic E-state index is 0.127. The van der Waals surface area contributed by atoms with Gasteiger partial charge < -0.3 is 27.4 Å². The average molecular weight is 535 g/mol. The lowest BCUT2D eigenvalue weighted by atomic mass is 9.82. The van der Waals surface area contributed by atoms with Gasteiger partial charge in [-0.1, -0.05) is 66.2 Å². The smallest absolute Gasteiger partial charge is 0.218 e. The first-order valence-electron chi connectivity index (χ1n) is 15.1. The summed E-state index contributed by atoms with van der Waals surface area (Å²) in [6.45, 7) is 11.8. The summed E-state index contributed by atoms with van der Waals surface area (Å²) in [4.78, 5) is 8.66. The standard InChI is InChI=1S/C28H58N10/c1-5-9-11-21(7-3)17-33-25(29)37-27(31)35-19-23-13-15-24(16-14-23)20-36-28(32)38-26(30)34-18-22(8-4)12-10-6-2/h21-24H,5-20H2,1-4H3,(H5,29,31,33,35,37)(H5,30,32,34,36,38). The van der Waals surface area contributed by atoms with Crippen molar-refractivity contribution < 1.29 is 0 Å². The number of nitrogens with zero attached hydrogens (tertiary/aromatic N) is 2. The molecule has 0 aromatic heterocycles. The fraction of sp³-hybridized carbons (Fsp3) is 0.857. The minimum Gasteiger partial charge on any atom is -0.370 e. The molecule has 10 nitrogen and oxygen atoms in total. The molecule has 0 radical (unpaired) electrons. The van der Waals surface area contributed by atoms with Gasteiger partial charge in [0.1, 0.15) is 0 Å². The lowest BCUT2D eigenvalue weighted by molar-refractivity contribution is 0.280. The Morgan fingerprint density at radius 3 is 1.89 bits per heavy atom. The second-order valence-corrected chi connectivity index (χ2v) is 10.9. The van der Waals surface area contributed by atoms with E-state index in [9.17, 15) is 0 Å². The molecule has 0 amide bonds. The van der Waals surface area contributed by atoms with Gasteiger partial charge in [0.2, 0.25) is 5.96 Å². The number of guanidine groups is 4. The minimum atomic E-state index is 0.127. The summed E-state index contributed by atoms with van der Waals surface area (Å²) in [7, 11) is 0. The largest absolute Gasteiger partial charge is 0.370 e. The van der Waals surface area contributed by atoms with Crippen LogP contribution < -0.4 is 32.7 Å². The molecule has 1 saturated carbocycles. The molecule has 1 aliphatic carbocycles. The Bertz CT molecular complexity index is 712. The first kappa shape index (κ1) is 33.5. The Morgan fingerprint density at radius 2 is 1.34 bits per heavy atom. The SMILES string of the molecule is CCCCC(CC)CNC(=N)/N=C(\N)NCC1CCC(CN=C(N)NC(=N)NCC(CC)CCCC)CC1. The van der Waals surface area contributed by atoms with Gasteiger partial charge in [0.05, 0.1) is 0 Å². The summed E-state index contributed by atoms with van der Waals surface area (Å²) in [5.74, 6) is 3.17. The van der Waals surface area contributed by atoms with E-state index in [4.69, 9.17) is 22.3 Å². The summed E-state index contributed by atoms with van der Waals surface area (Å²) >= 11 is 0. The quantitative estimate of drug-likeness (QED) is 0.109. The van der Waals surface area contributed by atoms with Crippen LogP contribution in [0, 0.1) is 34.5 Å². The monoisotopic (exact) mass is 534 g/mol. The van der Waals surface area contributed by atoms with Crippen molar-refractivity contribution in [2.24, 2.45) is 45.1 Å². The molecule has 0 aromatic carbocycles. The maximum absolute atomic E-state index is 8.09. The van der Waals surface area contributed by atoms with Gasteiger partial charge in [-0.25, -0.2) is 0 Å². The number of unbranched alkanes of at least 4 members (excludes halogenated alkanes) is 2. The fourth-order valence-corrected chi connectivity index (χ4v) is 4.88. The Labute approximate surface area is 232 Å². The summed E-state index contributed by atoms with van der Waals surface area (Å²) < 4.78 is 0. The first-order chi connectivity index (χ1) is 18.3. The fourth-order valence-electron chi connectivity index (χ4n) is 4.88. The molecule has 10 heteroatoms. The van der Waals surface area contributed by atoms with Gasteiger partial charge >= 0.3 is 0 Å². The molecule has 0 spiro atoms. The maximum Gasteiger partial charge on any atom is 0.218 e. The lowest BCUT2D eigenvalue weighted by Crippen LogP contribution is -2.45. The second kappa shape index (κ2) is 20.4. The van der Waals surface area contributed by atoms with Crippen LogP contribution in [0.2, 0.25) is 0 Å². The average Bonchev–Trinajstić information content (AvgIpc) is 2.91. The molecule has 1 rings (SSSR count). The van der Waals surface area contributed by atoms with Crippen LogP contribution in [0.5, 0.6) is 0 Å². The number of hydrogen-bond donors (Lipinski definition) is 8. The zero-order chi connectivity index (χ0) is 28.2. The summed E-state index contributed by atoms with van der Waals surface area (Å²) in [6.07, 6.45) is 13.8. The van der Waals surface area contributed by atoms with Crippen molar-refractivity contribution in [3.63, 3.8) is 0 Å². The van der Waals surface area contributed by atoms with Crippen molar-refractivity contribution in [2.45, 2.75) is 105 Å². The molecule has 2 unspecified atom stereocenters. The van der Waals surface area contributed by atoms with E-state index in [0.717, 1.165) is 58.2 Å². The van der Waals surface area contributed by atoms with E-state index in [1.165, 1.54) is 38.5 Å². The highest BCUT2D eigenvalue weighted by Gasteiger charge is 2.21. The van der Waals surface area contributed by atoms with E-state index in [-0.39, 0.29) is 11.9 Å². The Balaban J connectivity index is 2.26. The Hall–Kier alpha value is -2.52. The molecule has 10 N–H and O–H groups in total. The van der Waals surface area contributed by atoms with E-state index < -0.39 is 0 Å². The summed E-state index contributed by atoms with van der Waals surface area (Å²) in [5, 5.41) is 28.5. The molecule has 220 valence electrons. The molecular formula is C28H58N10. The Morgan fingerprint density at radius 1 is 0.789 bits per heavy atom. The van der Waals surface area contributed by atoms with Gasteiger partial charge in [0.25, 0.3) is 0 Å². The normalized spacial score (nSPS) is 19.9. The first-order valence-corrected chi connectivity index (χ1v) is 15.1. The topological polar surface area (TPSA) is 173 Å². The highest BCUT2D eigenvalue weighted by molar-refractivity contribution is 5.96. The van der Waals surface area contributed by atoms with Crippen LogP contribution in [0.15, 0.2) is 9.98 Å². The van der Waals surface area contributed by atoms with Gasteiger partial charge in [-0.2, -0.15) is 4.99 Å². The van der Waals surface area contributed by atoms with Crippen molar-refractivity contribution >= 4 is 23.8 Å². The zero-order valence-corrected chi connectivity index (χ0v) is 24.7. The molecule has 0 heterocycles. The van der Waals surface area contributed by atoms with Gasteiger partial charge in [-0.05, 0) is 62.2 Å². The van der Waals surface area contributed by atoms with E-state index >= 15 is 0 Å². The number of aliphatic imine (C=N–C) groups is 2.